The number of H-pyrrole nitrogens is 1. The van der Waals surface area contributed by atoms with Crippen molar-refractivity contribution in [2.75, 3.05) is 19.6 Å². The Morgan fingerprint density at radius 3 is 2.94 bits per heavy atom. The topological polar surface area (TPSA) is 61.0 Å². The van der Waals surface area contributed by atoms with Crippen LogP contribution in [0.2, 0.25) is 0 Å². The van der Waals surface area contributed by atoms with Gasteiger partial charge in [0.1, 0.15) is 0 Å². The number of carbonyl (C=O) groups is 1. The summed E-state index contributed by atoms with van der Waals surface area (Å²) >= 11 is 0. The Bertz CT molecular complexity index is 405. The molecule has 18 heavy (non-hydrogen) atoms. The summed E-state index contributed by atoms with van der Waals surface area (Å²) < 4.78 is 0. The third kappa shape index (κ3) is 2.56. The van der Waals surface area contributed by atoms with Gasteiger partial charge in [0, 0.05) is 24.8 Å². The molecule has 1 amide bonds. The number of nitrogens with zero attached hydrogens (tertiary/aromatic N) is 2. The summed E-state index contributed by atoms with van der Waals surface area (Å²) in [5.74, 6) is 0.112. The van der Waals surface area contributed by atoms with Crippen LogP contribution in [-0.2, 0) is 0 Å². The number of hydrogen-bond donors (Lipinski definition) is 2. The first-order chi connectivity index (χ1) is 8.63. The molecule has 2 N–H and O–H groups in total. The third-order valence-electron chi connectivity index (χ3n) is 3.54. The normalized spacial score (nSPS) is 20.2. The number of likely N-dealkylation sites (tertiary alicyclic amines) is 1. The van der Waals surface area contributed by atoms with Crippen LogP contribution in [-0.4, -0.2) is 46.7 Å². The van der Waals surface area contributed by atoms with Crippen molar-refractivity contribution in [1.82, 2.24) is 20.4 Å². The van der Waals surface area contributed by atoms with Gasteiger partial charge in [-0.1, -0.05) is 6.92 Å². The van der Waals surface area contributed by atoms with Gasteiger partial charge in [0.05, 0.1) is 11.3 Å². The van der Waals surface area contributed by atoms with Crippen LogP contribution in [0, 0.1) is 13.8 Å². The maximum atomic E-state index is 12.5. The predicted octanol–water partition coefficient (Wildman–Crippen LogP) is 1.24. The maximum absolute atomic E-state index is 12.5. The van der Waals surface area contributed by atoms with E-state index in [0.717, 1.165) is 49.4 Å². The highest BCUT2D eigenvalue weighted by Gasteiger charge is 2.26. The molecule has 0 aliphatic carbocycles. The van der Waals surface area contributed by atoms with E-state index in [4.69, 9.17) is 0 Å². The molecule has 1 atom stereocenters. The lowest BCUT2D eigenvalue weighted by molar-refractivity contribution is 0.0694. The highest BCUT2D eigenvalue weighted by atomic mass is 16.2. The first-order valence-corrected chi connectivity index (χ1v) is 6.67. The van der Waals surface area contributed by atoms with E-state index < -0.39 is 0 Å². The molecule has 1 aliphatic heterocycles. The summed E-state index contributed by atoms with van der Waals surface area (Å²) in [6.07, 6.45) is 2.22. The van der Waals surface area contributed by atoms with E-state index in [1.165, 1.54) is 0 Å². The van der Waals surface area contributed by atoms with Gasteiger partial charge in [-0.25, -0.2) is 0 Å². The van der Waals surface area contributed by atoms with Crippen LogP contribution in [0.5, 0.6) is 0 Å². The number of carbonyl (C=O) groups excluding carboxylic acids is 1. The molecule has 0 radical (unpaired) electrons. The van der Waals surface area contributed by atoms with E-state index in [2.05, 4.69) is 22.4 Å². The Kier molecular flexibility index (Phi) is 4.01. The molecule has 1 aromatic rings. The van der Waals surface area contributed by atoms with Gasteiger partial charge in [0.2, 0.25) is 0 Å². The van der Waals surface area contributed by atoms with Crippen molar-refractivity contribution in [3.8, 4) is 0 Å². The summed E-state index contributed by atoms with van der Waals surface area (Å²) in [5, 5.41) is 10.4. The van der Waals surface area contributed by atoms with Crippen molar-refractivity contribution in [2.45, 2.75) is 39.7 Å². The molecule has 2 heterocycles. The van der Waals surface area contributed by atoms with Crippen LogP contribution in [0.1, 0.15) is 41.5 Å². The average molecular weight is 250 g/mol. The zero-order chi connectivity index (χ0) is 13.1. The van der Waals surface area contributed by atoms with Gasteiger partial charge in [0.15, 0.2) is 0 Å². The smallest absolute Gasteiger partial charge is 0.257 e. The Balaban J connectivity index is 2.09. The Morgan fingerprint density at radius 2 is 2.33 bits per heavy atom. The number of aromatic nitrogens is 2. The largest absolute Gasteiger partial charge is 0.337 e. The van der Waals surface area contributed by atoms with Gasteiger partial charge in [-0.15, -0.1) is 0 Å². The molecule has 0 spiro atoms. The Hall–Kier alpha value is -1.36. The average Bonchev–Trinajstić information content (AvgIpc) is 2.69. The minimum absolute atomic E-state index is 0.112. The number of aromatic amines is 1. The molecule has 2 rings (SSSR count). The highest BCUT2D eigenvalue weighted by molar-refractivity contribution is 5.96. The van der Waals surface area contributed by atoms with Crippen molar-refractivity contribution in [3.63, 3.8) is 0 Å². The van der Waals surface area contributed by atoms with E-state index in [0.29, 0.717) is 6.04 Å². The van der Waals surface area contributed by atoms with Gasteiger partial charge in [-0.2, -0.15) is 5.10 Å². The maximum Gasteiger partial charge on any atom is 0.257 e. The second-order valence-electron chi connectivity index (χ2n) is 4.96. The van der Waals surface area contributed by atoms with E-state index in [9.17, 15) is 4.79 Å². The number of hydrogen-bond acceptors (Lipinski definition) is 3. The van der Waals surface area contributed by atoms with E-state index in [1.54, 1.807) is 0 Å². The van der Waals surface area contributed by atoms with Crippen molar-refractivity contribution in [2.24, 2.45) is 0 Å². The molecule has 1 fully saturated rings. The summed E-state index contributed by atoms with van der Waals surface area (Å²) in [6, 6.07) is 0.431. The molecule has 1 unspecified atom stereocenters. The minimum atomic E-state index is 0.112. The van der Waals surface area contributed by atoms with Crippen LogP contribution in [0.25, 0.3) is 0 Å². The lowest BCUT2D eigenvalue weighted by Crippen LogP contribution is -2.48. The second-order valence-corrected chi connectivity index (χ2v) is 4.96. The second kappa shape index (κ2) is 5.52. The fourth-order valence-corrected chi connectivity index (χ4v) is 2.64. The molecule has 0 saturated carbocycles. The van der Waals surface area contributed by atoms with Crippen molar-refractivity contribution < 1.29 is 4.79 Å². The molecule has 0 aromatic carbocycles. The number of nitrogens with one attached hydrogen (secondary N) is 2. The van der Waals surface area contributed by atoms with Gasteiger partial charge in [0.25, 0.3) is 5.91 Å². The standard InChI is InChI=1S/C13H22N4O/c1-4-14-11-6-5-7-17(8-11)13(18)12-9(2)15-16-10(12)3/h11,14H,4-8H2,1-3H3,(H,15,16). The Labute approximate surface area is 108 Å². The first-order valence-electron chi connectivity index (χ1n) is 6.67. The highest BCUT2D eigenvalue weighted by Crippen LogP contribution is 2.17. The number of piperidine rings is 1. The van der Waals surface area contributed by atoms with Crippen LogP contribution in [0.4, 0.5) is 0 Å². The molecular formula is C13H22N4O. The summed E-state index contributed by atoms with van der Waals surface area (Å²) in [7, 11) is 0. The quantitative estimate of drug-likeness (QED) is 0.848. The number of rotatable bonds is 3. The number of likely N-dealkylation sites (N-methyl/N-ethyl adjacent to an activating group) is 1. The molecule has 5 heteroatoms. The monoisotopic (exact) mass is 250 g/mol. The minimum Gasteiger partial charge on any atom is -0.337 e. The SMILES string of the molecule is CCNC1CCCN(C(=O)c2c(C)n[nH]c2C)C1. The lowest BCUT2D eigenvalue weighted by atomic mass is 10.0. The van der Waals surface area contributed by atoms with Gasteiger partial charge >= 0.3 is 0 Å². The molecule has 0 bridgehead atoms. The molecule has 1 saturated heterocycles. The zero-order valence-corrected chi connectivity index (χ0v) is 11.4. The van der Waals surface area contributed by atoms with Gasteiger partial charge in [-0.3, -0.25) is 9.89 Å². The first kappa shape index (κ1) is 13.1. The van der Waals surface area contributed by atoms with Gasteiger partial charge in [-0.05, 0) is 33.2 Å². The van der Waals surface area contributed by atoms with Crippen molar-refractivity contribution in [1.29, 1.82) is 0 Å². The van der Waals surface area contributed by atoms with E-state index in [-0.39, 0.29) is 5.91 Å². The summed E-state index contributed by atoms with van der Waals surface area (Å²) in [4.78, 5) is 14.4. The van der Waals surface area contributed by atoms with Crippen LogP contribution in [0.3, 0.4) is 0 Å². The third-order valence-corrected chi connectivity index (χ3v) is 3.54. The number of aryl methyl sites for hydroxylation is 2. The van der Waals surface area contributed by atoms with E-state index >= 15 is 0 Å². The summed E-state index contributed by atoms with van der Waals surface area (Å²) in [6.45, 7) is 8.49. The van der Waals surface area contributed by atoms with Crippen molar-refractivity contribution in [3.05, 3.63) is 17.0 Å². The fraction of sp³-hybridized carbons (Fsp3) is 0.692. The molecule has 100 valence electrons. The van der Waals surface area contributed by atoms with Crippen LogP contribution >= 0.6 is 0 Å². The fourth-order valence-electron chi connectivity index (χ4n) is 2.64. The number of amides is 1. The molecule has 5 nitrogen and oxygen atoms in total. The molecule has 1 aliphatic rings. The molecular weight excluding hydrogens is 228 g/mol. The van der Waals surface area contributed by atoms with Crippen LogP contribution in [0.15, 0.2) is 0 Å². The van der Waals surface area contributed by atoms with E-state index in [1.807, 2.05) is 18.7 Å². The van der Waals surface area contributed by atoms with Crippen LogP contribution < -0.4 is 5.32 Å². The Morgan fingerprint density at radius 1 is 1.56 bits per heavy atom. The molecule has 1 aromatic heterocycles. The predicted molar refractivity (Wildman–Crippen MR) is 70.7 cm³/mol. The summed E-state index contributed by atoms with van der Waals surface area (Å²) in [5.41, 5.74) is 2.40. The lowest BCUT2D eigenvalue weighted by Gasteiger charge is -2.33. The van der Waals surface area contributed by atoms with Crippen molar-refractivity contribution >= 4 is 5.91 Å². The van der Waals surface area contributed by atoms with Gasteiger partial charge < -0.3 is 10.2 Å². The zero-order valence-electron chi connectivity index (χ0n) is 11.4.